The van der Waals surface area contributed by atoms with Gasteiger partial charge >= 0.3 is 0 Å². The fourth-order valence-electron chi connectivity index (χ4n) is 3.52. The van der Waals surface area contributed by atoms with Crippen LogP contribution in [0, 0.1) is 5.82 Å². The molecular formula is C21H20FN3O3. The molecule has 28 heavy (non-hydrogen) atoms. The molecular weight excluding hydrogens is 361 g/mol. The highest BCUT2D eigenvalue weighted by Crippen LogP contribution is 2.23. The number of piperidine rings is 1. The van der Waals surface area contributed by atoms with Gasteiger partial charge in [-0.1, -0.05) is 18.2 Å². The van der Waals surface area contributed by atoms with Crippen LogP contribution in [-0.2, 0) is 11.2 Å². The summed E-state index contributed by atoms with van der Waals surface area (Å²) in [5.74, 6) is 0.135. The molecule has 1 fully saturated rings. The second kappa shape index (κ2) is 7.80. The van der Waals surface area contributed by atoms with E-state index in [0.717, 1.165) is 0 Å². The van der Waals surface area contributed by atoms with Gasteiger partial charge in [0.25, 0.3) is 5.56 Å². The van der Waals surface area contributed by atoms with Crippen molar-refractivity contribution in [2.75, 3.05) is 13.1 Å². The van der Waals surface area contributed by atoms with Crippen molar-refractivity contribution in [1.82, 2.24) is 14.7 Å². The largest absolute Gasteiger partial charge is 0.463 e. The Bertz CT molecular complexity index is 1020. The van der Waals surface area contributed by atoms with Crippen LogP contribution in [0.4, 0.5) is 4.39 Å². The summed E-state index contributed by atoms with van der Waals surface area (Å²) in [7, 11) is 0. The average molecular weight is 381 g/mol. The molecule has 6 nitrogen and oxygen atoms in total. The fraction of sp³-hybridized carbons (Fsp3) is 0.286. The number of carbonyl (C=O) groups excluding carboxylic acids is 1. The first kappa shape index (κ1) is 18.2. The van der Waals surface area contributed by atoms with Crippen molar-refractivity contribution in [2.45, 2.75) is 25.3 Å². The fourth-order valence-corrected chi connectivity index (χ4v) is 3.52. The predicted octanol–water partition coefficient (Wildman–Crippen LogP) is 3.05. The average Bonchev–Trinajstić information content (AvgIpc) is 3.25. The van der Waals surface area contributed by atoms with Gasteiger partial charge in [-0.15, -0.1) is 0 Å². The molecule has 1 saturated heterocycles. The van der Waals surface area contributed by atoms with E-state index in [9.17, 15) is 14.0 Å². The van der Waals surface area contributed by atoms with Crippen LogP contribution in [-0.4, -0.2) is 33.7 Å². The van der Waals surface area contributed by atoms with Gasteiger partial charge in [0.05, 0.1) is 18.7 Å². The molecule has 1 aromatic carbocycles. The number of hydrogen-bond acceptors (Lipinski definition) is 4. The molecule has 3 heterocycles. The third kappa shape index (κ3) is 3.74. The third-order valence-corrected chi connectivity index (χ3v) is 5.06. The smallest absolute Gasteiger partial charge is 0.267 e. The number of hydrogen-bond donors (Lipinski definition) is 0. The van der Waals surface area contributed by atoms with Crippen molar-refractivity contribution in [3.63, 3.8) is 0 Å². The van der Waals surface area contributed by atoms with E-state index in [1.165, 1.54) is 16.8 Å². The maximum absolute atomic E-state index is 13.8. The molecule has 0 spiro atoms. The van der Waals surface area contributed by atoms with Gasteiger partial charge in [-0.05, 0) is 42.7 Å². The predicted molar refractivity (Wildman–Crippen MR) is 101 cm³/mol. The van der Waals surface area contributed by atoms with Crippen molar-refractivity contribution >= 4 is 5.91 Å². The van der Waals surface area contributed by atoms with E-state index in [1.807, 2.05) is 0 Å². The summed E-state index contributed by atoms with van der Waals surface area (Å²) in [5, 5.41) is 4.45. The lowest BCUT2D eigenvalue weighted by atomic mass is 10.0. The van der Waals surface area contributed by atoms with Gasteiger partial charge in [-0.3, -0.25) is 9.59 Å². The second-order valence-electron chi connectivity index (χ2n) is 6.86. The van der Waals surface area contributed by atoms with Crippen molar-refractivity contribution in [1.29, 1.82) is 0 Å². The molecule has 0 radical (unpaired) electrons. The quantitative estimate of drug-likeness (QED) is 0.697. The Morgan fingerprint density at radius 2 is 1.89 bits per heavy atom. The summed E-state index contributed by atoms with van der Waals surface area (Å²) in [6, 6.07) is 12.9. The minimum Gasteiger partial charge on any atom is -0.463 e. The van der Waals surface area contributed by atoms with E-state index in [0.29, 0.717) is 42.9 Å². The normalized spacial score (nSPS) is 15.0. The first-order valence-electron chi connectivity index (χ1n) is 9.27. The highest BCUT2D eigenvalue weighted by molar-refractivity contribution is 5.78. The number of furan rings is 1. The van der Waals surface area contributed by atoms with Gasteiger partial charge in [0, 0.05) is 19.2 Å². The van der Waals surface area contributed by atoms with Crippen LogP contribution in [0.2, 0.25) is 0 Å². The van der Waals surface area contributed by atoms with Crippen LogP contribution in [0.3, 0.4) is 0 Å². The van der Waals surface area contributed by atoms with E-state index < -0.39 is 0 Å². The highest BCUT2D eigenvalue weighted by Gasteiger charge is 2.25. The summed E-state index contributed by atoms with van der Waals surface area (Å²) in [5.41, 5.74) is 0.827. The van der Waals surface area contributed by atoms with Crippen molar-refractivity contribution in [2.24, 2.45) is 0 Å². The van der Waals surface area contributed by atoms with Crippen LogP contribution >= 0.6 is 0 Å². The maximum atomic E-state index is 13.8. The maximum Gasteiger partial charge on any atom is 0.267 e. The topological polar surface area (TPSA) is 68.3 Å². The standard InChI is InChI=1S/C21H20FN3O3/c22-17-5-2-1-4-15(17)14-21(27)24-11-9-16(10-12-24)25-20(26)8-7-18(23-25)19-6-3-13-28-19/h1-8,13,16H,9-12,14H2. The van der Waals surface area contributed by atoms with Crippen molar-refractivity contribution in [3.8, 4) is 11.5 Å². The van der Waals surface area contributed by atoms with Crippen LogP contribution < -0.4 is 5.56 Å². The number of carbonyl (C=O) groups is 1. The molecule has 0 atom stereocenters. The Kier molecular flexibility index (Phi) is 5.06. The van der Waals surface area contributed by atoms with Gasteiger partial charge in [-0.25, -0.2) is 9.07 Å². The van der Waals surface area contributed by atoms with E-state index in [2.05, 4.69) is 5.10 Å². The lowest BCUT2D eigenvalue weighted by Crippen LogP contribution is -2.42. The van der Waals surface area contributed by atoms with E-state index in [1.54, 1.807) is 47.6 Å². The summed E-state index contributed by atoms with van der Waals surface area (Å²) in [4.78, 5) is 26.5. The number of amides is 1. The molecule has 0 bridgehead atoms. The minimum atomic E-state index is -0.365. The number of halogens is 1. The molecule has 0 N–H and O–H groups in total. The molecule has 4 rings (SSSR count). The summed E-state index contributed by atoms with van der Waals surface area (Å²) in [6.07, 6.45) is 2.85. The lowest BCUT2D eigenvalue weighted by Gasteiger charge is -2.32. The zero-order chi connectivity index (χ0) is 19.5. The molecule has 1 amide bonds. The Morgan fingerprint density at radius 1 is 1.11 bits per heavy atom. The van der Waals surface area contributed by atoms with Gasteiger partial charge in [0.2, 0.25) is 5.91 Å². The third-order valence-electron chi connectivity index (χ3n) is 5.06. The highest BCUT2D eigenvalue weighted by atomic mass is 19.1. The molecule has 0 saturated carbocycles. The molecule has 3 aromatic rings. The Balaban J connectivity index is 1.43. The van der Waals surface area contributed by atoms with Gasteiger partial charge in [0.15, 0.2) is 5.76 Å². The molecule has 1 aliphatic heterocycles. The second-order valence-corrected chi connectivity index (χ2v) is 6.86. The molecule has 1 aliphatic rings. The minimum absolute atomic E-state index is 0.0452. The molecule has 0 unspecified atom stereocenters. The van der Waals surface area contributed by atoms with Crippen LogP contribution in [0.25, 0.3) is 11.5 Å². The molecule has 2 aromatic heterocycles. The Morgan fingerprint density at radius 3 is 2.61 bits per heavy atom. The zero-order valence-electron chi connectivity index (χ0n) is 15.3. The number of likely N-dealkylation sites (tertiary alicyclic amines) is 1. The van der Waals surface area contributed by atoms with Crippen LogP contribution in [0.5, 0.6) is 0 Å². The molecule has 144 valence electrons. The van der Waals surface area contributed by atoms with E-state index >= 15 is 0 Å². The van der Waals surface area contributed by atoms with Gasteiger partial charge in [0.1, 0.15) is 11.5 Å². The Hall–Kier alpha value is -3.22. The summed E-state index contributed by atoms with van der Waals surface area (Å²) >= 11 is 0. The number of benzene rings is 1. The summed E-state index contributed by atoms with van der Waals surface area (Å²) < 4.78 is 20.6. The monoisotopic (exact) mass is 381 g/mol. The van der Waals surface area contributed by atoms with Crippen LogP contribution in [0.15, 0.2) is 64.0 Å². The first-order chi connectivity index (χ1) is 13.6. The Labute approximate surface area is 161 Å². The van der Waals surface area contributed by atoms with Gasteiger partial charge in [-0.2, -0.15) is 5.10 Å². The first-order valence-corrected chi connectivity index (χ1v) is 9.27. The molecule has 0 aliphatic carbocycles. The van der Waals surface area contributed by atoms with Crippen LogP contribution in [0.1, 0.15) is 24.4 Å². The molecule has 7 heteroatoms. The lowest BCUT2D eigenvalue weighted by molar-refractivity contribution is -0.131. The van der Waals surface area contributed by atoms with E-state index in [4.69, 9.17) is 4.42 Å². The van der Waals surface area contributed by atoms with Gasteiger partial charge < -0.3 is 9.32 Å². The number of rotatable bonds is 4. The SMILES string of the molecule is O=C(Cc1ccccc1F)N1CCC(n2nc(-c3ccco3)ccc2=O)CC1. The van der Waals surface area contributed by atoms with E-state index in [-0.39, 0.29) is 29.7 Å². The number of nitrogens with zero attached hydrogens (tertiary/aromatic N) is 3. The zero-order valence-corrected chi connectivity index (χ0v) is 15.3. The van der Waals surface area contributed by atoms with Crippen molar-refractivity contribution in [3.05, 3.63) is 76.5 Å². The van der Waals surface area contributed by atoms with Crippen molar-refractivity contribution < 1.29 is 13.6 Å². The summed E-state index contributed by atoms with van der Waals surface area (Å²) in [6.45, 7) is 1.02. The number of aromatic nitrogens is 2.